The summed E-state index contributed by atoms with van der Waals surface area (Å²) in [6, 6.07) is 7.00. The van der Waals surface area contributed by atoms with Gasteiger partial charge in [0.25, 0.3) is 0 Å². The van der Waals surface area contributed by atoms with Crippen LogP contribution in [-0.4, -0.2) is 42.5 Å². The molecule has 7 nitrogen and oxygen atoms in total. The second kappa shape index (κ2) is 12.0. The Morgan fingerprint density at radius 3 is 1.97 bits per heavy atom. The topological polar surface area (TPSA) is 91.3 Å². The van der Waals surface area contributed by atoms with Crippen molar-refractivity contribution in [2.24, 2.45) is 16.0 Å². The summed E-state index contributed by atoms with van der Waals surface area (Å²) >= 11 is 0. The highest BCUT2D eigenvalue weighted by molar-refractivity contribution is 6.04. The molecule has 1 heterocycles. The zero-order valence-corrected chi connectivity index (χ0v) is 20.3. The second-order valence-corrected chi connectivity index (χ2v) is 9.01. The van der Waals surface area contributed by atoms with Gasteiger partial charge >= 0.3 is 24.1 Å². The molecule has 0 aromatic heterocycles. The van der Waals surface area contributed by atoms with Crippen molar-refractivity contribution in [2.75, 3.05) is 6.61 Å². The van der Waals surface area contributed by atoms with Crippen molar-refractivity contribution < 1.29 is 41.9 Å². The van der Waals surface area contributed by atoms with Gasteiger partial charge in [0, 0.05) is 12.0 Å². The summed E-state index contributed by atoms with van der Waals surface area (Å²) in [5.74, 6) is -1.55. The Bertz CT molecular complexity index is 878. The van der Waals surface area contributed by atoms with E-state index < -0.39 is 40.8 Å². The lowest BCUT2D eigenvalue weighted by atomic mass is 9.90. The van der Waals surface area contributed by atoms with Gasteiger partial charge in [-0.15, -0.1) is 0 Å². The molecule has 0 spiro atoms. The molecule has 0 bridgehead atoms. The summed E-state index contributed by atoms with van der Waals surface area (Å²) in [5.41, 5.74) is -2.78. The number of oxime groups is 1. The molecule has 1 unspecified atom stereocenters. The number of esters is 2. The van der Waals surface area contributed by atoms with E-state index in [4.69, 9.17) is 9.47 Å². The molecule has 0 amide bonds. The molecule has 0 N–H and O–H groups in total. The highest BCUT2D eigenvalue weighted by Gasteiger charge is 2.39. The number of alkyl halides is 3. The molecule has 1 aliphatic heterocycles. The third-order valence-electron chi connectivity index (χ3n) is 5.55. The van der Waals surface area contributed by atoms with Crippen LogP contribution in [0.3, 0.4) is 0 Å². The van der Waals surface area contributed by atoms with E-state index in [0.29, 0.717) is 25.9 Å². The van der Waals surface area contributed by atoms with Gasteiger partial charge < -0.3 is 14.3 Å². The summed E-state index contributed by atoms with van der Waals surface area (Å²) in [6.07, 6.45) is -3.78. The minimum Gasteiger partial charge on any atom is -0.463 e. The van der Waals surface area contributed by atoms with Crippen LogP contribution in [0.25, 0.3) is 0 Å². The Morgan fingerprint density at radius 2 is 1.53 bits per heavy atom. The number of cyclic esters (lactones) is 1. The Morgan fingerprint density at radius 1 is 1.00 bits per heavy atom. The van der Waals surface area contributed by atoms with Crippen molar-refractivity contribution in [1.29, 1.82) is 0 Å². The van der Waals surface area contributed by atoms with E-state index >= 15 is 0 Å². The predicted octanol–water partition coefficient (Wildman–Crippen LogP) is 5.21. The van der Waals surface area contributed by atoms with Crippen LogP contribution in [0.4, 0.5) is 13.2 Å². The van der Waals surface area contributed by atoms with Gasteiger partial charge in [-0.1, -0.05) is 49.3 Å². The summed E-state index contributed by atoms with van der Waals surface area (Å²) in [7, 11) is 0. The van der Waals surface area contributed by atoms with E-state index in [1.54, 1.807) is 40.7 Å². The fraction of sp³-hybridized carbons (Fsp3) is 0.583. The maximum Gasteiger partial charge on any atom is 0.437 e. The van der Waals surface area contributed by atoms with Gasteiger partial charge in [-0.25, -0.2) is 9.59 Å². The number of carbonyl (C=O) groups excluding carboxylic acids is 3. The monoisotopic (exact) mass is 487 g/mol. The summed E-state index contributed by atoms with van der Waals surface area (Å²) < 4.78 is 48.5. The zero-order chi connectivity index (χ0) is 26.2. The fourth-order valence-corrected chi connectivity index (χ4v) is 2.24. The average Bonchev–Trinajstić information content (AvgIpc) is 3.18. The summed E-state index contributed by atoms with van der Waals surface area (Å²) in [4.78, 5) is 38.7. The third-order valence-corrected chi connectivity index (χ3v) is 5.55. The quantitative estimate of drug-likeness (QED) is 0.227. The molecule has 1 saturated heterocycles. The SMILES string of the molecule is CCC(C)(C)C(=O)O/N=C(/c1ccccc1)C(F)(F)F.CCC(C)(C)C(=O)OC1CCOC1=O. The molecule has 1 atom stereocenters. The van der Waals surface area contributed by atoms with Crippen LogP contribution in [0, 0.1) is 10.8 Å². The lowest BCUT2D eigenvalue weighted by Crippen LogP contribution is -2.32. The molecular formula is C24H32F3NO6. The molecule has 0 aliphatic carbocycles. The van der Waals surface area contributed by atoms with Gasteiger partial charge in [-0.3, -0.25) is 4.79 Å². The highest BCUT2D eigenvalue weighted by atomic mass is 19.4. The molecule has 0 radical (unpaired) electrons. The number of halogens is 3. The largest absolute Gasteiger partial charge is 0.463 e. The Balaban J connectivity index is 0.000000362. The van der Waals surface area contributed by atoms with Gasteiger partial charge in [0.15, 0.2) is 5.71 Å². The molecule has 34 heavy (non-hydrogen) atoms. The summed E-state index contributed by atoms with van der Waals surface area (Å²) in [5, 5.41) is 3.02. The first-order chi connectivity index (χ1) is 15.7. The first-order valence-electron chi connectivity index (χ1n) is 11.0. The number of carbonyl (C=O) groups is 3. The van der Waals surface area contributed by atoms with Crippen molar-refractivity contribution in [3.8, 4) is 0 Å². The Kier molecular flexibility index (Phi) is 10.3. The number of nitrogens with zero attached hydrogens (tertiary/aromatic N) is 1. The summed E-state index contributed by atoms with van der Waals surface area (Å²) in [6.45, 7) is 10.8. The molecule has 0 saturated carbocycles. The lowest BCUT2D eigenvalue weighted by molar-refractivity contribution is -0.167. The number of hydrogen-bond donors (Lipinski definition) is 0. The molecule has 2 rings (SSSR count). The van der Waals surface area contributed by atoms with E-state index in [0.717, 1.165) is 0 Å². The number of hydrogen-bond acceptors (Lipinski definition) is 7. The van der Waals surface area contributed by atoms with E-state index in [-0.39, 0.29) is 11.5 Å². The van der Waals surface area contributed by atoms with Gasteiger partial charge in [0.05, 0.1) is 17.4 Å². The van der Waals surface area contributed by atoms with E-state index in [9.17, 15) is 27.6 Å². The van der Waals surface area contributed by atoms with Gasteiger partial charge in [0.1, 0.15) is 0 Å². The number of benzene rings is 1. The van der Waals surface area contributed by atoms with Crippen molar-refractivity contribution in [2.45, 2.75) is 73.1 Å². The van der Waals surface area contributed by atoms with Crippen molar-refractivity contribution in [3.05, 3.63) is 35.9 Å². The van der Waals surface area contributed by atoms with E-state index in [2.05, 4.69) is 9.99 Å². The molecule has 190 valence electrons. The molecule has 10 heteroatoms. The normalized spacial score (nSPS) is 16.8. The Labute approximate surface area is 197 Å². The van der Waals surface area contributed by atoms with Crippen LogP contribution in [0.2, 0.25) is 0 Å². The first kappa shape index (κ1) is 29.1. The molecule has 1 fully saturated rings. The Hall–Kier alpha value is -2.91. The lowest BCUT2D eigenvalue weighted by Gasteiger charge is -2.21. The van der Waals surface area contributed by atoms with Crippen LogP contribution in [0.1, 0.15) is 66.4 Å². The standard InChI is InChI=1S/C14H16F3NO2.C10H16O4/c1-4-13(2,3)12(19)20-18-11(14(15,16)17)10-8-6-5-7-9-10;1-4-10(2,3)9(12)14-7-5-6-13-8(7)11/h5-9H,4H2,1-3H3;7H,4-6H2,1-3H3/b18-11-;. The van der Waals surface area contributed by atoms with Crippen LogP contribution >= 0.6 is 0 Å². The predicted molar refractivity (Wildman–Crippen MR) is 119 cm³/mol. The molecule has 1 aromatic carbocycles. The van der Waals surface area contributed by atoms with Crippen molar-refractivity contribution in [3.63, 3.8) is 0 Å². The first-order valence-corrected chi connectivity index (χ1v) is 11.0. The van der Waals surface area contributed by atoms with Gasteiger partial charge in [-0.05, 0) is 40.5 Å². The van der Waals surface area contributed by atoms with Gasteiger partial charge in [-0.2, -0.15) is 13.2 Å². The number of ether oxygens (including phenoxy) is 2. The minimum atomic E-state index is -4.70. The van der Waals surface area contributed by atoms with E-state index in [1.807, 2.05) is 6.92 Å². The highest BCUT2D eigenvalue weighted by Crippen LogP contribution is 2.26. The zero-order valence-electron chi connectivity index (χ0n) is 20.3. The van der Waals surface area contributed by atoms with E-state index in [1.165, 1.54) is 24.3 Å². The van der Waals surface area contributed by atoms with Gasteiger partial charge in [0.2, 0.25) is 6.10 Å². The van der Waals surface area contributed by atoms with Crippen molar-refractivity contribution >= 4 is 23.6 Å². The average molecular weight is 488 g/mol. The maximum atomic E-state index is 12.9. The third kappa shape index (κ3) is 8.46. The van der Waals surface area contributed by atoms with Crippen molar-refractivity contribution in [1.82, 2.24) is 0 Å². The second-order valence-electron chi connectivity index (χ2n) is 9.01. The smallest absolute Gasteiger partial charge is 0.437 e. The van der Waals surface area contributed by atoms with Crippen LogP contribution in [-0.2, 0) is 28.7 Å². The molecule has 1 aliphatic rings. The van der Waals surface area contributed by atoms with Crippen LogP contribution in [0.15, 0.2) is 35.5 Å². The van der Waals surface area contributed by atoms with Crippen LogP contribution < -0.4 is 0 Å². The molecular weight excluding hydrogens is 455 g/mol. The minimum absolute atomic E-state index is 0.151. The molecule has 1 aromatic rings. The maximum absolute atomic E-state index is 12.9. The fourth-order valence-electron chi connectivity index (χ4n) is 2.24. The van der Waals surface area contributed by atoms with Crippen LogP contribution in [0.5, 0.6) is 0 Å². The number of rotatable bonds is 7.